The van der Waals surface area contributed by atoms with Gasteiger partial charge in [-0.15, -0.1) is 11.3 Å². The van der Waals surface area contributed by atoms with Crippen molar-refractivity contribution in [2.45, 2.75) is 39.0 Å². The van der Waals surface area contributed by atoms with Gasteiger partial charge in [0.15, 0.2) is 5.13 Å². The van der Waals surface area contributed by atoms with E-state index >= 15 is 0 Å². The zero-order valence-electron chi connectivity index (χ0n) is 19.9. The summed E-state index contributed by atoms with van der Waals surface area (Å²) in [6.45, 7) is 7.07. The number of aromatic nitrogens is 1. The van der Waals surface area contributed by atoms with Crippen LogP contribution >= 0.6 is 11.3 Å². The van der Waals surface area contributed by atoms with Crippen molar-refractivity contribution in [1.29, 1.82) is 0 Å². The molecule has 0 bridgehead atoms. The first-order chi connectivity index (χ1) is 16.4. The van der Waals surface area contributed by atoms with E-state index in [-0.39, 0.29) is 11.3 Å². The number of nitrogens with zero attached hydrogens (tertiary/aromatic N) is 1. The molecule has 0 aliphatic carbocycles. The maximum absolute atomic E-state index is 12.3. The van der Waals surface area contributed by atoms with Crippen LogP contribution in [0.15, 0.2) is 84.2 Å². The molecule has 0 fully saturated rings. The van der Waals surface area contributed by atoms with Crippen LogP contribution in [0.1, 0.15) is 39.2 Å². The first kappa shape index (κ1) is 23.7. The van der Waals surface area contributed by atoms with E-state index in [0.29, 0.717) is 24.6 Å². The number of carbonyl (C=O) groups excluding carboxylic acids is 1. The summed E-state index contributed by atoms with van der Waals surface area (Å²) in [7, 11) is 0. The molecule has 0 saturated carbocycles. The van der Waals surface area contributed by atoms with Crippen molar-refractivity contribution in [3.63, 3.8) is 0 Å². The number of carbonyl (C=O) groups is 1. The molecular weight excluding hydrogens is 440 g/mol. The Hall–Kier alpha value is -3.44. The monoisotopic (exact) mass is 470 g/mol. The van der Waals surface area contributed by atoms with Gasteiger partial charge in [0.05, 0.1) is 12.3 Å². The lowest BCUT2D eigenvalue weighted by Crippen LogP contribution is -2.13. The Morgan fingerprint density at radius 2 is 1.53 bits per heavy atom. The van der Waals surface area contributed by atoms with Crippen LogP contribution in [0.3, 0.4) is 0 Å². The van der Waals surface area contributed by atoms with Gasteiger partial charge in [0.2, 0.25) is 5.91 Å². The number of hydrogen-bond acceptors (Lipinski definition) is 4. The summed E-state index contributed by atoms with van der Waals surface area (Å²) < 4.78 is 5.78. The van der Waals surface area contributed by atoms with Crippen LogP contribution in [-0.4, -0.2) is 17.5 Å². The van der Waals surface area contributed by atoms with Crippen molar-refractivity contribution in [1.82, 2.24) is 4.98 Å². The molecule has 1 amide bonds. The fourth-order valence-electron chi connectivity index (χ4n) is 3.58. The highest BCUT2D eigenvalue weighted by Gasteiger charge is 2.13. The Morgan fingerprint density at radius 1 is 0.882 bits per heavy atom. The van der Waals surface area contributed by atoms with E-state index in [1.165, 1.54) is 28.0 Å². The zero-order chi connectivity index (χ0) is 24.0. The molecule has 0 spiro atoms. The first-order valence-corrected chi connectivity index (χ1v) is 12.4. The smallest absolute Gasteiger partial charge is 0.226 e. The highest BCUT2D eigenvalue weighted by molar-refractivity contribution is 7.14. The van der Waals surface area contributed by atoms with Gasteiger partial charge < -0.3 is 10.1 Å². The van der Waals surface area contributed by atoms with Gasteiger partial charge in [-0.2, -0.15) is 0 Å². The lowest BCUT2D eigenvalue weighted by atomic mass is 9.87. The van der Waals surface area contributed by atoms with Crippen molar-refractivity contribution in [2.75, 3.05) is 11.9 Å². The van der Waals surface area contributed by atoms with E-state index < -0.39 is 0 Å². The molecule has 3 aromatic carbocycles. The molecule has 4 aromatic rings. The predicted octanol–water partition coefficient (Wildman–Crippen LogP) is 7.57. The van der Waals surface area contributed by atoms with Crippen LogP contribution in [0.25, 0.3) is 22.4 Å². The zero-order valence-corrected chi connectivity index (χ0v) is 20.7. The van der Waals surface area contributed by atoms with E-state index in [1.54, 1.807) is 0 Å². The van der Waals surface area contributed by atoms with Crippen LogP contribution < -0.4 is 10.1 Å². The summed E-state index contributed by atoms with van der Waals surface area (Å²) in [5.41, 5.74) is 5.64. The van der Waals surface area contributed by atoms with E-state index in [1.807, 2.05) is 35.7 Å². The highest BCUT2D eigenvalue weighted by Crippen LogP contribution is 2.28. The molecule has 4 nitrogen and oxygen atoms in total. The molecule has 0 aliphatic rings. The average Bonchev–Trinajstić information content (AvgIpc) is 3.30. The fraction of sp³-hybridized carbons (Fsp3) is 0.241. The molecule has 0 radical (unpaired) electrons. The van der Waals surface area contributed by atoms with Gasteiger partial charge in [-0.25, -0.2) is 4.98 Å². The molecule has 0 atom stereocenters. The van der Waals surface area contributed by atoms with Crippen molar-refractivity contribution >= 4 is 22.4 Å². The third kappa shape index (κ3) is 6.33. The Kier molecular flexibility index (Phi) is 7.43. The predicted molar refractivity (Wildman–Crippen MR) is 141 cm³/mol. The lowest BCUT2D eigenvalue weighted by Gasteiger charge is -2.19. The number of thiazole rings is 1. The van der Waals surface area contributed by atoms with Crippen molar-refractivity contribution in [3.05, 3.63) is 89.8 Å². The molecule has 1 N–H and O–H groups in total. The normalized spacial score (nSPS) is 11.3. The van der Waals surface area contributed by atoms with E-state index in [9.17, 15) is 4.79 Å². The minimum Gasteiger partial charge on any atom is -0.494 e. The van der Waals surface area contributed by atoms with Crippen LogP contribution in [0, 0.1) is 0 Å². The highest BCUT2D eigenvalue weighted by atomic mass is 32.1. The number of nitrogens with one attached hydrogen (secondary N) is 1. The second kappa shape index (κ2) is 10.7. The first-order valence-electron chi connectivity index (χ1n) is 11.5. The van der Waals surface area contributed by atoms with Crippen LogP contribution in [0.4, 0.5) is 5.13 Å². The Labute approximate surface area is 205 Å². The quantitative estimate of drug-likeness (QED) is 0.270. The second-order valence-electron chi connectivity index (χ2n) is 9.26. The third-order valence-corrected chi connectivity index (χ3v) is 6.33. The number of ether oxygens (including phenoxy) is 1. The SMILES string of the molecule is CC(C)(C)c1ccc(OCCCC(=O)Nc2nc(-c3ccc(-c4ccccc4)cc3)cs2)cc1. The summed E-state index contributed by atoms with van der Waals surface area (Å²) in [5.74, 6) is 0.781. The topological polar surface area (TPSA) is 51.2 Å². The maximum Gasteiger partial charge on any atom is 0.226 e. The molecule has 0 saturated heterocycles. The largest absolute Gasteiger partial charge is 0.494 e. The average molecular weight is 471 g/mol. The number of rotatable bonds is 8. The molecule has 1 heterocycles. The maximum atomic E-state index is 12.3. The molecule has 5 heteroatoms. The Balaban J connectivity index is 1.23. The summed E-state index contributed by atoms with van der Waals surface area (Å²) >= 11 is 1.44. The lowest BCUT2D eigenvalue weighted by molar-refractivity contribution is -0.116. The Bertz CT molecular complexity index is 1210. The third-order valence-electron chi connectivity index (χ3n) is 5.58. The number of amides is 1. The standard InChI is InChI=1S/C29H30N2O2S/c1-29(2,3)24-15-17-25(18-16-24)33-19-7-10-27(32)31-28-30-26(20-34-28)23-13-11-22(12-14-23)21-8-5-4-6-9-21/h4-6,8-9,11-18,20H,7,10,19H2,1-3H3,(H,30,31,32). The van der Waals surface area contributed by atoms with Gasteiger partial charge in [0.1, 0.15) is 5.75 Å². The molecule has 34 heavy (non-hydrogen) atoms. The van der Waals surface area contributed by atoms with Gasteiger partial charge in [0.25, 0.3) is 0 Å². The molecule has 1 aromatic heterocycles. The summed E-state index contributed by atoms with van der Waals surface area (Å²) in [6.07, 6.45) is 1.03. The van der Waals surface area contributed by atoms with Crippen molar-refractivity contribution in [3.8, 4) is 28.1 Å². The number of anilines is 1. The molecule has 4 rings (SSSR count). The minimum atomic E-state index is -0.0491. The van der Waals surface area contributed by atoms with Gasteiger partial charge in [-0.1, -0.05) is 87.5 Å². The molecule has 174 valence electrons. The van der Waals surface area contributed by atoms with Gasteiger partial charge >= 0.3 is 0 Å². The van der Waals surface area contributed by atoms with Gasteiger partial charge in [-0.3, -0.25) is 4.79 Å². The summed E-state index contributed by atoms with van der Waals surface area (Å²) in [5, 5.41) is 5.49. The second-order valence-corrected chi connectivity index (χ2v) is 10.1. The summed E-state index contributed by atoms with van der Waals surface area (Å²) in [4.78, 5) is 16.9. The fourth-order valence-corrected chi connectivity index (χ4v) is 4.32. The van der Waals surface area contributed by atoms with Crippen LogP contribution in [0.5, 0.6) is 5.75 Å². The minimum absolute atomic E-state index is 0.0491. The number of benzene rings is 3. The van der Waals surface area contributed by atoms with Gasteiger partial charge in [-0.05, 0) is 40.7 Å². The molecule has 0 aliphatic heterocycles. The van der Waals surface area contributed by atoms with Crippen LogP contribution in [0.2, 0.25) is 0 Å². The van der Waals surface area contributed by atoms with E-state index in [2.05, 4.69) is 79.6 Å². The summed E-state index contributed by atoms with van der Waals surface area (Å²) in [6, 6.07) is 26.8. The van der Waals surface area contributed by atoms with Gasteiger partial charge in [0, 0.05) is 17.4 Å². The molecule has 0 unspecified atom stereocenters. The van der Waals surface area contributed by atoms with Crippen molar-refractivity contribution < 1.29 is 9.53 Å². The van der Waals surface area contributed by atoms with Crippen molar-refractivity contribution in [2.24, 2.45) is 0 Å². The molecular formula is C29H30N2O2S. The Morgan fingerprint density at radius 3 is 2.21 bits per heavy atom. The van der Waals surface area contributed by atoms with Crippen LogP contribution in [-0.2, 0) is 10.2 Å². The number of hydrogen-bond donors (Lipinski definition) is 1. The van der Waals surface area contributed by atoms with E-state index in [0.717, 1.165) is 17.0 Å². The van der Waals surface area contributed by atoms with E-state index in [4.69, 9.17) is 4.74 Å².